The molecule has 0 spiro atoms. The van der Waals surface area contributed by atoms with Gasteiger partial charge in [-0.1, -0.05) is 12.2 Å². The van der Waals surface area contributed by atoms with E-state index in [1.54, 1.807) is 17.0 Å². The zero-order chi connectivity index (χ0) is 23.3. The molecular formula is C23H27FN2O5S. The summed E-state index contributed by atoms with van der Waals surface area (Å²) in [4.78, 5) is 14.9. The van der Waals surface area contributed by atoms with Crippen LogP contribution in [0.2, 0.25) is 0 Å². The minimum atomic E-state index is -3.77. The second-order valence-corrected chi connectivity index (χ2v) is 9.24. The highest BCUT2D eigenvalue weighted by Gasteiger charge is 2.29. The third kappa shape index (κ3) is 4.94. The maximum Gasteiger partial charge on any atom is 0.254 e. The number of rotatable bonds is 6. The second kappa shape index (κ2) is 10.1. The predicted molar refractivity (Wildman–Crippen MR) is 120 cm³/mol. The summed E-state index contributed by atoms with van der Waals surface area (Å²) in [7, 11) is -0.718. The zero-order valence-electron chi connectivity index (χ0n) is 18.4. The molecule has 1 heterocycles. The Hall–Kier alpha value is -2.91. The van der Waals surface area contributed by atoms with Gasteiger partial charge in [-0.2, -0.15) is 4.31 Å². The van der Waals surface area contributed by atoms with E-state index in [0.29, 0.717) is 35.6 Å². The molecule has 1 fully saturated rings. The van der Waals surface area contributed by atoms with Crippen LogP contribution in [0.3, 0.4) is 0 Å². The Bertz CT molecular complexity index is 1100. The number of methoxy groups -OCH3 is 2. The number of carbonyl (C=O) groups excluding carboxylic acids is 1. The van der Waals surface area contributed by atoms with Gasteiger partial charge in [0, 0.05) is 37.3 Å². The number of hydrogen-bond acceptors (Lipinski definition) is 5. The van der Waals surface area contributed by atoms with Crippen molar-refractivity contribution < 1.29 is 27.1 Å². The van der Waals surface area contributed by atoms with Gasteiger partial charge in [0.1, 0.15) is 5.82 Å². The Morgan fingerprint density at radius 3 is 2.38 bits per heavy atom. The van der Waals surface area contributed by atoms with Gasteiger partial charge in [0.2, 0.25) is 10.0 Å². The van der Waals surface area contributed by atoms with E-state index >= 15 is 0 Å². The number of nitrogens with zero attached hydrogens (tertiary/aromatic N) is 2. The van der Waals surface area contributed by atoms with E-state index in [2.05, 4.69) is 0 Å². The van der Waals surface area contributed by atoms with Crippen molar-refractivity contribution in [2.75, 3.05) is 40.4 Å². The highest BCUT2D eigenvalue weighted by molar-refractivity contribution is 7.89. The van der Waals surface area contributed by atoms with Crippen molar-refractivity contribution in [3.8, 4) is 11.5 Å². The maximum absolute atomic E-state index is 13.2. The summed E-state index contributed by atoms with van der Waals surface area (Å²) in [6.07, 6.45) is 4.16. The van der Waals surface area contributed by atoms with Crippen LogP contribution in [0.5, 0.6) is 11.5 Å². The first-order chi connectivity index (χ1) is 15.3. The third-order valence-corrected chi connectivity index (χ3v) is 7.21. The van der Waals surface area contributed by atoms with Gasteiger partial charge in [0.15, 0.2) is 11.5 Å². The summed E-state index contributed by atoms with van der Waals surface area (Å²) in [6.45, 7) is 2.96. The van der Waals surface area contributed by atoms with Gasteiger partial charge in [-0.05, 0) is 49.7 Å². The summed E-state index contributed by atoms with van der Waals surface area (Å²) in [5.41, 5.74) is 1.15. The molecule has 0 atom stereocenters. The lowest BCUT2D eigenvalue weighted by atomic mass is 10.1. The number of hydrogen-bond donors (Lipinski definition) is 0. The average molecular weight is 463 g/mol. The van der Waals surface area contributed by atoms with Crippen molar-refractivity contribution >= 4 is 22.0 Å². The van der Waals surface area contributed by atoms with Crippen molar-refractivity contribution in [1.29, 1.82) is 0 Å². The van der Waals surface area contributed by atoms with Crippen LogP contribution in [0.15, 0.2) is 47.4 Å². The molecule has 2 aromatic carbocycles. The summed E-state index contributed by atoms with van der Waals surface area (Å²) >= 11 is 0. The molecule has 0 N–H and O–H groups in total. The SMILES string of the molecule is C/C=C/c1cc(C(=O)N2CCCN(S(=O)(=O)c3ccc(F)cc3)CC2)cc(OC)c1OC. The monoisotopic (exact) mass is 462 g/mol. The maximum atomic E-state index is 13.2. The number of ether oxygens (including phenoxy) is 2. The Morgan fingerprint density at radius 2 is 1.75 bits per heavy atom. The smallest absolute Gasteiger partial charge is 0.254 e. The van der Waals surface area contributed by atoms with Crippen LogP contribution in [0.1, 0.15) is 29.3 Å². The van der Waals surface area contributed by atoms with E-state index < -0.39 is 15.8 Å². The van der Waals surface area contributed by atoms with Gasteiger partial charge < -0.3 is 14.4 Å². The molecule has 172 valence electrons. The van der Waals surface area contributed by atoms with Gasteiger partial charge in [0.05, 0.1) is 19.1 Å². The Labute approximate surface area is 188 Å². The predicted octanol–water partition coefficient (Wildman–Crippen LogP) is 3.41. The summed E-state index contributed by atoms with van der Waals surface area (Å²) < 4.78 is 51.2. The molecule has 0 unspecified atom stereocenters. The van der Waals surface area contributed by atoms with Crippen LogP contribution in [-0.2, 0) is 10.0 Å². The average Bonchev–Trinajstić information content (AvgIpc) is 3.05. The van der Waals surface area contributed by atoms with Gasteiger partial charge in [-0.15, -0.1) is 0 Å². The van der Waals surface area contributed by atoms with Crippen molar-refractivity contribution in [1.82, 2.24) is 9.21 Å². The Balaban J connectivity index is 1.81. The number of benzene rings is 2. The van der Waals surface area contributed by atoms with Crippen LogP contribution >= 0.6 is 0 Å². The van der Waals surface area contributed by atoms with Crippen molar-refractivity contribution in [3.63, 3.8) is 0 Å². The Morgan fingerprint density at radius 1 is 1.03 bits per heavy atom. The molecule has 1 aliphatic rings. The van der Waals surface area contributed by atoms with Gasteiger partial charge >= 0.3 is 0 Å². The number of sulfonamides is 1. The minimum Gasteiger partial charge on any atom is -0.493 e. The first-order valence-corrected chi connectivity index (χ1v) is 11.7. The lowest BCUT2D eigenvalue weighted by Gasteiger charge is -2.23. The molecule has 1 aliphatic heterocycles. The summed E-state index contributed by atoms with van der Waals surface area (Å²) in [5, 5.41) is 0. The first-order valence-electron chi connectivity index (χ1n) is 10.3. The topological polar surface area (TPSA) is 76.2 Å². The lowest BCUT2D eigenvalue weighted by molar-refractivity contribution is 0.0763. The van der Waals surface area contributed by atoms with E-state index in [9.17, 15) is 17.6 Å². The van der Waals surface area contributed by atoms with Crippen molar-refractivity contribution in [2.45, 2.75) is 18.2 Å². The molecule has 2 aromatic rings. The van der Waals surface area contributed by atoms with Crippen LogP contribution < -0.4 is 9.47 Å². The number of amides is 1. The molecule has 0 radical (unpaired) electrons. The van der Waals surface area contributed by atoms with E-state index in [-0.39, 0.29) is 30.4 Å². The molecule has 9 heteroatoms. The first kappa shape index (κ1) is 23.7. The largest absolute Gasteiger partial charge is 0.493 e. The lowest BCUT2D eigenvalue weighted by Crippen LogP contribution is -2.37. The standard InChI is InChI=1S/C23H27FN2O5S/c1-4-6-17-15-18(16-21(30-2)22(17)31-3)23(27)25-11-5-12-26(14-13-25)32(28,29)20-9-7-19(24)8-10-20/h4,6-10,15-16H,5,11-14H2,1-3H3/b6-4+. The molecule has 1 saturated heterocycles. The van der Waals surface area contributed by atoms with Gasteiger partial charge in [-0.25, -0.2) is 12.8 Å². The fourth-order valence-corrected chi connectivity index (χ4v) is 5.17. The molecule has 0 aliphatic carbocycles. The van der Waals surface area contributed by atoms with E-state index in [4.69, 9.17) is 9.47 Å². The second-order valence-electron chi connectivity index (χ2n) is 7.30. The number of carbonyl (C=O) groups is 1. The highest BCUT2D eigenvalue weighted by Crippen LogP contribution is 2.34. The minimum absolute atomic E-state index is 0.0366. The fourth-order valence-electron chi connectivity index (χ4n) is 3.70. The highest BCUT2D eigenvalue weighted by atomic mass is 32.2. The van der Waals surface area contributed by atoms with E-state index in [0.717, 1.165) is 12.1 Å². The molecule has 0 aromatic heterocycles. The quantitative estimate of drug-likeness (QED) is 0.658. The van der Waals surface area contributed by atoms with E-state index in [1.165, 1.54) is 30.7 Å². The number of allylic oxidation sites excluding steroid dienone is 1. The normalized spacial score (nSPS) is 15.6. The fraction of sp³-hybridized carbons (Fsp3) is 0.348. The van der Waals surface area contributed by atoms with E-state index in [1.807, 2.05) is 19.1 Å². The van der Waals surface area contributed by atoms with Gasteiger partial charge in [0.25, 0.3) is 5.91 Å². The van der Waals surface area contributed by atoms with Crippen molar-refractivity contribution in [2.24, 2.45) is 0 Å². The van der Waals surface area contributed by atoms with Crippen LogP contribution in [0, 0.1) is 5.82 Å². The Kier molecular flexibility index (Phi) is 7.52. The molecule has 1 amide bonds. The molecule has 3 rings (SSSR count). The summed E-state index contributed by atoms with van der Waals surface area (Å²) in [6, 6.07) is 8.13. The molecule has 0 bridgehead atoms. The van der Waals surface area contributed by atoms with Crippen LogP contribution in [0.4, 0.5) is 4.39 Å². The molecule has 7 nitrogen and oxygen atoms in total. The third-order valence-electron chi connectivity index (χ3n) is 5.29. The molecule has 32 heavy (non-hydrogen) atoms. The summed E-state index contributed by atoms with van der Waals surface area (Å²) in [5.74, 6) is 0.276. The number of halogens is 1. The molecular weight excluding hydrogens is 435 g/mol. The van der Waals surface area contributed by atoms with Gasteiger partial charge in [-0.3, -0.25) is 4.79 Å². The van der Waals surface area contributed by atoms with Crippen LogP contribution in [0.25, 0.3) is 6.08 Å². The van der Waals surface area contributed by atoms with Crippen molar-refractivity contribution in [3.05, 3.63) is 59.4 Å². The molecule has 0 saturated carbocycles. The van der Waals surface area contributed by atoms with Crippen LogP contribution in [-0.4, -0.2) is 63.9 Å². The zero-order valence-corrected chi connectivity index (χ0v) is 19.2.